The first-order valence-corrected chi connectivity index (χ1v) is 12.6. The number of benzene rings is 2. The van der Waals surface area contributed by atoms with Crippen molar-refractivity contribution in [2.75, 3.05) is 18.9 Å². The number of halogens is 3. The van der Waals surface area contributed by atoms with E-state index in [1.54, 1.807) is 6.07 Å². The van der Waals surface area contributed by atoms with Crippen molar-refractivity contribution >= 4 is 14.0 Å². The fourth-order valence-corrected chi connectivity index (χ4v) is 3.65. The molecule has 0 aliphatic rings. The summed E-state index contributed by atoms with van der Waals surface area (Å²) in [6, 6.07) is 10.7. The van der Waals surface area contributed by atoms with Gasteiger partial charge in [-0.3, -0.25) is 0 Å². The highest BCUT2D eigenvalue weighted by molar-refractivity contribution is 6.74. The van der Waals surface area contributed by atoms with Gasteiger partial charge in [-0.25, -0.2) is 0 Å². The zero-order valence-electron chi connectivity index (χ0n) is 17.8. The average molecular weight is 425 g/mol. The summed E-state index contributed by atoms with van der Waals surface area (Å²) in [4.78, 5) is 0. The van der Waals surface area contributed by atoms with Crippen LogP contribution in [0.4, 0.5) is 18.9 Å². The molecule has 0 amide bonds. The number of nitrogens with one attached hydrogen (secondary N) is 1. The van der Waals surface area contributed by atoms with Crippen LogP contribution in [0.2, 0.25) is 18.1 Å². The highest BCUT2D eigenvalue weighted by Gasteiger charge is 2.36. The minimum absolute atomic E-state index is 0.174. The highest BCUT2D eigenvalue weighted by atomic mass is 28.4. The Morgan fingerprint density at radius 3 is 2.10 bits per heavy atom. The third kappa shape index (κ3) is 6.32. The maximum absolute atomic E-state index is 12.7. The fraction of sp³-hybridized carbons (Fsp3) is 0.455. The lowest BCUT2D eigenvalue weighted by Gasteiger charge is -2.36. The molecule has 0 saturated carbocycles. The second-order valence-electron chi connectivity index (χ2n) is 8.77. The third-order valence-corrected chi connectivity index (χ3v) is 10.1. The van der Waals surface area contributed by atoms with E-state index in [0.29, 0.717) is 25.4 Å². The predicted octanol–water partition coefficient (Wildman–Crippen LogP) is 6.07. The van der Waals surface area contributed by atoms with Crippen LogP contribution in [-0.4, -0.2) is 21.5 Å². The number of nitrogens with two attached hydrogens (primary N) is 1. The minimum atomic E-state index is -4.33. The summed E-state index contributed by atoms with van der Waals surface area (Å²) < 4.78 is 44.4. The van der Waals surface area contributed by atoms with E-state index in [9.17, 15) is 13.2 Å². The van der Waals surface area contributed by atoms with Gasteiger partial charge in [-0.05, 0) is 59.1 Å². The topological polar surface area (TPSA) is 47.3 Å². The molecule has 0 atom stereocenters. The normalized spacial score (nSPS) is 13.0. The van der Waals surface area contributed by atoms with Crippen molar-refractivity contribution in [3.05, 3.63) is 53.6 Å². The summed E-state index contributed by atoms with van der Waals surface area (Å²) in [5, 5.41) is 3.52. The van der Waals surface area contributed by atoms with Crippen molar-refractivity contribution in [1.82, 2.24) is 5.32 Å². The average Bonchev–Trinajstić information content (AvgIpc) is 2.61. The molecule has 0 radical (unpaired) electrons. The molecular formula is C22H31F3N2OSi. The smallest absolute Gasteiger partial charge is 0.416 e. The number of rotatable bonds is 7. The monoisotopic (exact) mass is 424 g/mol. The number of hydrogen-bond donors (Lipinski definition) is 2. The molecule has 0 bridgehead atoms. The predicted molar refractivity (Wildman–Crippen MR) is 116 cm³/mol. The van der Waals surface area contributed by atoms with Crippen LogP contribution in [0.15, 0.2) is 42.5 Å². The van der Waals surface area contributed by atoms with Crippen LogP contribution in [0.1, 0.15) is 31.9 Å². The second-order valence-corrected chi connectivity index (χ2v) is 13.6. The van der Waals surface area contributed by atoms with E-state index >= 15 is 0 Å². The second kappa shape index (κ2) is 8.89. The van der Waals surface area contributed by atoms with E-state index in [1.807, 2.05) is 12.1 Å². The van der Waals surface area contributed by atoms with Crippen molar-refractivity contribution in [2.45, 2.75) is 51.6 Å². The Morgan fingerprint density at radius 2 is 1.55 bits per heavy atom. The molecule has 160 valence electrons. The van der Waals surface area contributed by atoms with Gasteiger partial charge in [0, 0.05) is 25.4 Å². The number of nitrogen functional groups attached to an aromatic ring is 1. The molecule has 0 aliphatic heterocycles. The van der Waals surface area contributed by atoms with Crippen molar-refractivity contribution in [3.8, 4) is 11.1 Å². The number of anilines is 1. The summed E-state index contributed by atoms with van der Waals surface area (Å²) >= 11 is 0. The van der Waals surface area contributed by atoms with Gasteiger partial charge in [0.15, 0.2) is 8.32 Å². The number of alkyl halides is 3. The number of hydrogen-bond acceptors (Lipinski definition) is 3. The zero-order chi connectivity index (χ0) is 21.9. The van der Waals surface area contributed by atoms with Crippen LogP contribution < -0.4 is 11.1 Å². The summed E-state index contributed by atoms with van der Waals surface area (Å²) in [5.41, 5.74) is 8.55. The van der Waals surface area contributed by atoms with Gasteiger partial charge in [0.2, 0.25) is 0 Å². The van der Waals surface area contributed by atoms with Crippen LogP contribution in [-0.2, 0) is 17.1 Å². The van der Waals surface area contributed by atoms with Gasteiger partial charge in [-0.1, -0.05) is 39.0 Å². The molecule has 0 saturated heterocycles. The Kier molecular flexibility index (Phi) is 7.19. The SMILES string of the molecule is CC(C)(C)[Si](C)(C)OCCNCc1cc(-c2ccc(C(F)(F)F)cc2)ccc1N. The van der Waals surface area contributed by atoms with Gasteiger partial charge < -0.3 is 15.5 Å². The van der Waals surface area contributed by atoms with E-state index in [2.05, 4.69) is 39.2 Å². The summed E-state index contributed by atoms with van der Waals surface area (Å²) in [5.74, 6) is 0. The maximum Gasteiger partial charge on any atom is 0.416 e. The molecule has 0 spiro atoms. The van der Waals surface area contributed by atoms with E-state index in [1.165, 1.54) is 12.1 Å². The van der Waals surface area contributed by atoms with Crippen molar-refractivity contribution in [2.24, 2.45) is 0 Å². The summed E-state index contributed by atoms with van der Waals surface area (Å²) in [6.45, 7) is 13.0. The van der Waals surface area contributed by atoms with Gasteiger partial charge >= 0.3 is 6.18 Å². The molecule has 29 heavy (non-hydrogen) atoms. The Balaban J connectivity index is 1.97. The molecule has 2 rings (SSSR count). The van der Waals surface area contributed by atoms with Crippen LogP contribution in [0, 0.1) is 0 Å². The van der Waals surface area contributed by atoms with Crippen LogP contribution in [0.3, 0.4) is 0 Å². The lowest BCUT2D eigenvalue weighted by atomic mass is 10.0. The molecule has 2 aromatic carbocycles. The van der Waals surface area contributed by atoms with Crippen LogP contribution in [0.5, 0.6) is 0 Å². The van der Waals surface area contributed by atoms with Crippen molar-refractivity contribution in [1.29, 1.82) is 0 Å². The first-order valence-electron chi connectivity index (χ1n) is 9.72. The van der Waals surface area contributed by atoms with Crippen LogP contribution >= 0.6 is 0 Å². The summed E-state index contributed by atoms with van der Waals surface area (Å²) in [6.07, 6.45) is -4.33. The van der Waals surface area contributed by atoms with Gasteiger partial charge in [0.05, 0.1) is 5.56 Å². The first-order chi connectivity index (χ1) is 13.3. The quantitative estimate of drug-likeness (QED) is 0.322. The fourth-order valence-electron chi connectivity index (χ4n) is 2.61. The maximum atomic E-state index is 12.7. The molecule has 0 unspecified atom stereocenters. The molecule has 0 heterocycles. The third-order valence-electron chi connectivity index (χ3n) is 5.55. The standard InChI is InChI=1S/C22H31F3N2OSi/c1-21(2,3)29(4,5)28-13-12-27-15-18-14-17(8-11-20(18)26)16-6-9-19(10-7-16)22(23,24)25/h6-11,14,27H,12-13,15,26H2,1-5H3. The Hall–Kier alpha value is -1.83. The molecule has 0 fully saturated rings. The Morgan fingerprint density at radius 1 is 0.966 bits per heavy atom. The van der Waals surface area contributed by atoms with Crippen molar-refractivity contribution < 1.29 is 17.6 Å². The van der Waals surface area contributed by atoms with Gasteiger partial charge in [-0.15, -0.1) is 0 Å². The minimum Gasteiger partial charge on any atom is -0.416 e. The van der Waals surface area contributed by atoms with Gasteiger partial charge in [0.1, 0.15) is 0 Å². The van der Waals surface area contributed by atoms with Gasteiger partial charge in [-0.2, -0.15) is 13.2 Å². The van der Waals surface area contributed by atoms with Crippen LogP contribution in [0.25, 0.3) is 11.1 Å². The summed E-state index contributed by atoms with van der Waals surface area (Å²) in [7, 11) is -1.76. The molecule has 0 aromatic heterocycles. The first kappa shape index (κ1) is 23.4. The highest BCUT2D eigenvalue weighted by Crippen LogP contribution is 2.36. The molecule has 3 nitrogen and oxygen atoms in total. The Labute approximate surface area is 172 Å². The molecular weight excluding hydrogens is 393 g/mol. The van der Waals surface area contributed by atoms with E-state index < -0.39 is 20.1 Å². The lowest BCUT2D eigenvalue weighted by molar-refractivity contribution is -0.137. The Bertz CT molecular complexity index is 812. The van der Waals surface area contributed by atoms with Gasteiger partial charge in [0.25, 0.3) is 0 Å². The molecule has 3 N–H and O–H groups in total. The molecule has 0 aliphatic carbocycles. The van der Waals surface area contributed by atoms with E-state index in [0.717, 1.165) is 28.8 Å². The molecule has 2 aromatic rings. The van der Waals surface area contributed by atoms with E-state index in [4.69, 9.17) is 10.2 Å². The van der Waals surface area contributed by atoms with E-state index in [-0.39, 0.29) is 5.04 Å². The largest absolute Gasteiger partial charge is 0.416 e. The lowest BCUT2D eigenvalue weighted by Crippen LogP contribution is -2.42. The molecule has 7 heteroatoms. The van der Waals surface area contributed by atoms with Crippen molar-refractivity contribution in [3.63, 3.8) is 0 Å². The zero-order valence-corrected chi connectivity index (χ0v) is 18.8.